The van der Waals surface area contributed by atoms with Crippen LogP contribution >= 0.6 is 7.82 Å². The summed E-state index contributed by atoms with van der Waals surface area (Å²) in [4.78, 5) is 46.0. The summed E-state index contributed by atoms with van der Waals surface area (Å²) in [5, 5.41) is 8.91. The van der Waals surface area contributed by atoms with Gasteiger partial charge in [0.15, 0.2) is 6.10 Å². The highest BCUT2D eigenvalue weighted by molar-refractivity contribution is 7.47. The summed E-state index contributed by atoms with van der Waals surface area (Å²) in [6.07, 6.45) is 50.3. The number of carbonyl (C=O) groups excluding carboxylic acids is 2. The molecule has 0 aliphatic carbocycles. The number of carboxylic acid groups (broad SMARTS) is 1. The van der Waals surface area contributed by atoms with Crippen LogP contribution in [0.5, 0.6) is 0 Å². The molecule has 0 radical (unpaired) electrons. The van der Waals surface area contributed by atoms with Crippen LogP contribution in [0, 0.1) is 0 Å². The number of ether oxygens (including phenoxy) is 2. The van der Waals surface area contributed by atoms with Crippen molar-refractivity contribution < 1.29 is 47.5 Å². The zero-order valence-corrected chi connectivity index (χ0v) is 40.6. The summed E-state index contributed by atoms with van der Waals surface area (Å²) < 4.78 is 32.6. The van der Waals surface area contributed by atoms with Gasteiger partial charge in [0.2, 0.25) is 0 Å². The monoisotopic (exact) mass is 900 g/mol. The van der Waals surface area contributed by atoms with Gasteiger partial charge in [0, 0.05) is 12.5 Å². The van der Waals surface area contributed by atoms with Crippen molar-refractivity contribution in [2.45, 2.75) is 257 Å². The Hall–Kier alpha value is -2.04. The van der Waals surface area contributed by atoms with Crippen molar-refractivity contribution in [1.82, 2.24) is 0 Å². The van der Waals surface area contributed by atoms with E-state index in [2.05, 4.69) is 18.4 Å². The largest absolute Gasteiger partial charge is 0.480 e. The number of unbranched alkanes of at least 4 members (excludes halogenated alkanes) is 33. The van der Waals surface area contributed by atoms with Crippen LogP contribution in [0.15, 0.2) is 24.3 Å². The SMILES string of the molecule is CCCCCCCCCCCCC/C=C/C=C/C(=O)OC[C@@H](COP(=O)(O)OC[C@H](N)C(=O)O)OC(=O)CCCCCCCCCCCCCCCCCCCCCCCCC. The van der Waals surface area contributed by atoms with Crippen LogP contribution in [0.2, 0.25) is 0 Å². The molecule has 0 saturated heterocycles. The smallest absolute Gasteiger partial charge is 0.472 e. The number of esters is 2. The summed E-state index contributed by atoms with van der Waals surface area (Å²) in [5.41, 5.74) is 5.34. The van der Waals surface area contributed by atoms with Crippen LogP contribution in [-0.2, 0) is 37.5 Å². The van der Waals surface area contributed by atoms with Gasteiger partial charge < -0.3 is 25.2 Å². The molecule has 0 aromatic carbocycles. The van der Waals surface area contributed by atoms with E-state index in [0.717, 1.165) is 32.1 Å². The molecule has 1 unspecified atom stereocenters. The van der Waals surface area contributed by atoms with Crippen LogP contribution < -0.4 is 5.73 Å². The maximum absolute atomic E-state index is 12.7. The number of rotatable bonds is 48. The van der Waals surface area contributed by atoms with Crippen molar-refractivity contribution in [2.75, 3.05) is 19.8 Å². The Morgan fingerprint density at radius 3 is 1.31 bits per heavy atom. The zero-order chi connectivity index (χ0) is 45.6. The highest BCUT2D eigenvalue weighted by Gasteiger charge is 2.28. The van der Waals surface area contributed by atoms with Crippen molar-refractivity contribution in [3.05, 3.63) is 24.3 Å². The number of allylic oxidation sites excluding steroid dienone is 3. The summed E-state index contributed by atoms with van der Waals surface area (Å²) in [6, 6.07) is -1.53. The molecule has 0 saturated carbocycles. The quantitative estimate of drug-likeness (QED) is 0.0174. The van der Waals surface area contributed by atoms with Gasteiger partial charge in [0.25, 0.3) is 0 Å². The van der Waals surface area contributed by atoms with Gasteiger partial charge in [-0.25, -0.2) is 9.36 Å². The van der Waals surface area contributed by atoms with Gasteiger partial charge in [-0.3, -0.25) is 18.6 Å². The first-order valence-electron chi connectivity index (χ1n) is 25.4. The number of aliphatic carboxylic acids is 1. The molecular formula is C50H94NO10P. The lowest BCUT2D eigenvalue weighted by molar-refractivity contribution is -0.159. The number of hydrogen-bond acceptors (Lipinski definition) is 9. The molecule has 4 N–H and O–H groups in total. The number of phosphoric ester groups is 1. The normalized spacial score (nSPS) is 13.7. The van der Waals surface area contributed by atoms with Crippen molar-refractivity contribution in [3.63, 3.8) is 0 Å². The maximum atomic E-state index is 12.7. The van der Waals surface area contributed by atoms with E-state index in [0.29, 0.717) is 6.42 Å². The summed E-state index contributed by atoms with van der Waals surface area (Å²) in [6.45, 7) is 2.73. The van der Waals surface area contributed by atoms with Gasteiger partial charge in [0.05, 0.1) is 13.2 Å². The fourth-order valence-electron chi connectivity index (χ4n) is 7.33. The molecule has 0 spiro atoms. The van der Waals surface area contributed by atoms with Gasteiger partial charge in [0.1, 0.15) is 12.6 Å². The average molecular weight is 900 g/mol. The molecule has 0 fully saturated rings. The Kier molecular flexibility index (Phi) is 44.0. The van der Waals surface area contributed by atoms with Crippen molar-refractivity contribution in [1.29, 1.82) is 0 Å². The third kappa shape index (κ3) is 44.6. The second kappa shape index (κ2) is 45.5. The number of carboxylic acids is 1. The van der Waals surface area contributed by atoms with Crippen molar-refractivity contribution in [3.8, 4) is 0 Å². The van der Waals surface area contributed by atoms with E-state index < -0.39 is 57.7 Å². The third-order valence-electron chi connectivity index (χ3n) is 11.3. The topological polar surface area (TPSA) is 172 Å². The van der Waals surface area contributed by atoms with E-state index in [1.807, 2.05) is 6.08 Å². The summed E-state index contributed by atoms with van der Waals surface area (Å²) >= 11 is 0. The highest BCUT2D eigenvalue weighted by Crippen LogP contribution is 2.43. The maximum Gasteiger partial charge on any atom is 0.472 e. The predicted molar refractivity (Wildman–Crippen MR) is 254 cm³/mol. The first kappa shape index (κ1) is 60.0. The molecule has 0 aliphatic heterocycles. The average Bonchev–Trinajstić information content (AvgIpc) is 3.25. The van der Waals surface area contributed by atoms with E-state index in [9.17, 15) is 23.8 Å². The molecule has 0 amide bonds. The first-order valence-corrected chi connectivity index (χ1v) is 26.9. The van der Waals surface area contributed by atoms with E-state index in [4.69, 9.17) is 24.8 Å². The molecular weight excluding hydrogens is 806 g/mol. The van der Waals surface area contributed by atoms with E-state index in [-0.39, 0.29) is 6.42 Å². The molecule has 0 aromatic rings. The van der Waals surface area contributed by atoms with E-state index in [1.54, 1.807) is 12.2 Å². The van der Waals surface area contributed by atoms with Crippen LogP contribution in [0.1, 0.15) is 245 Å². The minimum absolute atomic E-state index is 0.147. The van der Waals surface area contributed by atoms with Crippen molar-refractivity contribution in [2.24, 2.45) is 5.73 Å². The molecule has 62 heavy (non-hydrogen) atoms. The molecule has 12 heteroatoms. The minimum Gasteiger partial charge on any atom is -0.480 e. The van der Waals surface area contributed by atoms with Gasteiger partial charge in [-0.1, -0.05) is 238 Å². The third-order valence-corrected chi connectivity index (χ3v) is 12.3. The van der Waals surface area contributed by atoms with Gasteiger partial charge in [-0.2, -0.15) is 0 Å². The summed E-state index contributed by atoms with van der Waals surface area (Å²) in [5.74, 6) is -2.62. The molecule has 0 rings (SSSR count). The Balaban J connectivity index is 4.25. The van der Waals surface area contributed by atoms with Crippen LogP contribution in [0.4, 0.5) is 0 Å². The lowest BCUT2D eigenvalue weighted by Gasteiger charge is -2.20. The van der Waals surface area contributed by atoms with E-state index in [1.165, 1.54) is 192 Å². The Morgan fingerprint density at radius 2 is 0.903 bits per heavy atom. The molecule has 0 aliphatic rings. The Labute approximate surface area is 379 Å². The summed E-state index contributed by atoms with van der Waals surface area (Å²) in [7, 11) is -4.74. The molecule has 0 aromatic heterocycles. The Bertz CT molecular complexity index is 1150. The number of nitrogens with two attached hydrogens (primary N) is 1. The molecule has 3 atom stereocenters. The lowest BCUT2D eigenvalue weighted by Crippen LogP contribution is -2.34. The van der Waals surface area contributed by atoms with Crippen LogP contribution in [-0.4, -0.2) is 59.9 Å². The van der Waals surface area contributed by atoms with Crippen LogP contribution in [0.25, 0.3) is 0 Å². The first-order chi connectivity index (χ1) is 30.1. The molecule has 0 bridgehead atoms. The second-order valence-electron chi connectivity index (χ2n) is 17.4. The zero-order valence-electron chi connectivity index (χ0n) is 39.7. The standard InChI is InChI=1S/C50H94NO10P/c1-3-5-7-9-11-13-15-17-19-20-21-22-23-24-25-26-28-30-32-34-36-38-40-42-49(53)61-46(44-59-62(56,57)60-45-47(51)50(54)55)43-58-48(52)41-39-37-35-33-31-29-27-18-16-14-12-10-8-6-4-2/h35,37,39,41,46-47H,3-34,36,38,40,42-45,51H2,1-2H3,(H,54,55)(H,56,57)/b37-35+,41-39+/t46-,47-/m0/s1. The Morgan fingerprint density at radius 1 is 0.532 bits per heavy atom. The molecule has 11 nitrogen and oxygen atoms in total. The van der Waals surface area contributed by atoms with Crippen LogP contribution in [0.3, 0.4) is 0 Å². The fraction of sp³-hybridized carbons (Fsp3) is 0.860. The molecule has 0 heterocycles. The lowest BCUT2D eigenvalue weighted by atomic mass is 10.0. The number of hydrogen-bond donors (Lipinski definition) is 3. The fourth-order valence-corrected chi connectivity index (χ4v) is 8.11. The van der Waals surface area contributed by atoms with Crippen molar-refractivity contribution >= 4 is 25.7 Å². The minimum atomic E-state index is -4.74. The predicted octanol–water partition coefficient (Wildman–Crippen LogP) is 14.2. The van der Waals surface area contributed by atoms with Gasteiger partial charge >= 0.3 is 25.7 Å². The number of carbonyl (C=O) groups is 3. The van der Waals surface area contributed by atoms with Gasteiger partial charge in [-0.05, 0) is 19.3 Å². The van der Waals surface area contributed by atoms with E-state index >= 15 is 0 Å². The van der Waals surface area contributed by atoms with Gasteiger partial charge in [-0.15, -0.1) is 0 Å². The molecule has 364 valence electrons. The number of phosphoric acid groups is 1. The highest BCUT2D eigenvalue weighted by atomic mass is 31.2. The second-order valence-corrected chi connectivity index (χ2v) is 18.8.